The van der Waals surface area contributed by atoms with E-state index >= 15 is 0 Å². The van der Waals surface area contributed by atoms with Crippen LogP contribution in [0.4, 0.5) is 0 Å². The van der Waals surface area contributed by atoms with Crippen molar-refractivity contribution >= 4 is 5.91 Å². The van der Waals surface area contributed by atoms with Crippen LogP contribution in [0.5, 0.6) is 0 Å². The van der Waals surface area contributed by atoms with Crippen LogP contribution in [0, 0.1) is 5.92 Å². The zero-order valence-corrected chi connectivity index (χ0v) is 14.5. The van der Waals surface area contributed by atoms with Crippen molar-refractivity contribution in [2.75, 3.05) is 26.3 Å². The van der Waals surface area contributed by atoms with Crippen LogP contribution in [0.25, 0.3) is 0 Å². The lowest BCUT2D eigenvalue weighted by Crippen LogP contribution is -2.47. The minimum Gasteiger partial charge on any atom is -0.381 e. The van der Waals surface area contributed by atoms with Crippen molar-refractivity contribution in [3.63, 3.8) is 0 Å². The first kappa shape index (κ1) is 17.3. The quantitative estimate of drug-likeness (QED) is 0.883. The van der Waals surface area contributed by atoms with E-state index in [-0.39, 0.29) is 17.9 Å². The number of aromatic nitrogens is 2. The van der Waals surface area contributed by atoms with E-state index in [0.29, 0.717) is 6.04 Å². The van der Waals surface area contributed by atoms with Gasteiger partial charge in [0, 0.05) is 56.2 Å². The summed E-state index contributed by atoms with van der Waals surface area (Å²) >= 11 is 0. The molecule has 0 aliphatic carbocycles. The van der Waals surface area contributed by atoms with Gasteiger partial charge in [0.25, 0.3) is 0 Å². The number of piperidine rings is 1. The predicted octanol–water partition coefficient (Wildman–Crippen LogP) is 1.41. The van der Waals surface area contributed by atoms with Gasteiger partial charge in [-0.15, -0.1) is 0 Å². The van der Waals surface area contributed by atoms with Crippen molar-refractivity contribution in [1.82, 2.24) is 20.2 Å². The number of likely N-dealkylation sites (tertiary alicyclic amines) is 1. The maximum absolute atomic E-state index is 12.5. The Morgan fingerprint density at radius 3 is 2.71 bits per heavy atom. The molecule has 6 heteroatoms. The Labute approximate surface area is 144 Å². The van der Waals surface area contributed by atoms with E-state index in [2.05, 4.69) is 20.2 Å². The lowest BCUT2D eigenvalue weighted by molar-refractivity contribution is -0.127. The first-order valence-electron chi connectivity index (χ1n) is 9.09. The molecule has 1 atom stereocenters. The zero-order chi connectivity index (χ0) is 16.8. The van der Waals surface area contributed by atoms with Gasteiger partial charge in [-0.25, -0.2) is 0 Å². The zero-order valence-electron chi connectivity index (χ0n) is 14.5. The third-order valence-corrected chi connectivity index (χ3v) is 5.13. The molecule has 2 saturated heterocycles. The SMILES string of the molecule is C[C@@H](Cc1cnccn1)NC(=O)C1CCN(C2CCOCC2)CC1. The molecule has 0 bridgehead atoms. The lowest BCUT2D eigenvalue weighted by atomic mass is 9.93. The van der Waals surface area contributed by atoms with Gasteiger partial charge in [-0.1, -0.05) is 0 Å². The van der Waals surface area contributed by atoms with Gasteiger partial charge in [-0.3, -0.25) is 14.8 Å². The standard InChI is InChI=1S/C18H28N4O2/c1-14(12-16-13-19-6-7-20-16)21-18(23)15-2-8-22(9-3-15)17-4-10-24-11-5-17/h6-7,13-15,17H,2-5,8-12H2,1H3,(H,21,23)/t14-/m0/s1. The Bertz CT molecular complexity index is 511. The number of carbonyl (C=O) groups excluding carboxylic acids is 1. The molecule has 0 radical (unpaired) electrons. The molecule has 6 nitrogen and oxygen atoms in total. The van der Waals surface area contributed by atoms with Crippen molar-refractivity contribution in [3.05, 3.63) is 24.3 Å². The number of nitrogens with one attached hydrogen (secondary N) is 1. The number of rotatable bonds is 5. The van der Waals surface area contributed by atoms with E-state index in [9.17, 15) is 4.79 Å². The van der Waals surface area contributed by atoms with E-state index in [1.165, 1.54) is 0 Å². The molecule has 3 rings (SSSR count). The first-order chi connectivity index (χ1) is 11.7. The summed E-state index contributed by atoms with van der Waals surface area (Å²) in [5.41, 5.74) is 0.916. The maximum atomic E-state index is 12.5. The summed E-state index contributed by atoms with van der Waals surface area (Å²) in [5, 5.41) is 3.15. The summed E-state index contributed by atoms with van der Waals surface area (Å²) in [6, 6.07) is 0.737. The van der Waals surface area contributed by atoms with E-state index in [1.54, 1.807) is 18.6 Å². The second-order valence-corrected chi connectivity index (χ2v) is 6.96. The summed E-state index contributed by atoms with van der Waals surface area (Å²) < 4.78 is 5.44. The van der Waals surface area contributed by atoms with Crippen LogP contribution in [0.15, 0.2) is 18.6 Å². The van der Waals surface area contributed by atoms with E-state index in [1.807, 2.05) is 6.92 Å². The highest BCUT2D eigenvalue weighted by atomic mass is 16.5. The first-order valence-corrected chi connectivity index (χ1v) is 9.09. The van der Waals surface area contributed by atoms with E-state index in [0.717, 1.165) is 64.1 Å². The van der Waals surface area contributed by atoms with Crippen molar-refractivity contribution in [2.24, 2.45) is 5.92 Å². The third-order valence-electron chi connectivity index (χ3n) is 5.13. The summed E-state index contributed by atoms with van der Waals surface area (Å²) in [6.07, 6.45) is 10.0. The van der Waals surface area contributed by atoms with Gasteiger partial charge in [0.05, 0.1) is 5.69 Å². The molecule has 2 aliphatic heterocycles. The van der Waals surface area contributed by atoms with E-state index in [4.69, 9.17) is 4.74 Å². The van der Waals surface area contributed by atoms with Gasteiger partial charge in [-0.05, 0) is 45.7 Å². The van der Waals surface area contributed by atoms with Crippen molar-refractivity contribution in [2.45, 2.75) is 51.1 Å². The lowest BCUT2D eigenvalue weighted by Gasteiger charge is -2.39. The average Bonchev–Trinajstić information content (AvgIpc) is 2.63. The van der Waals surface area contributed by atoms with Crippen molar-refractivity contribution in [1.29, 1.82) is 0 Å². The molecule has 1 N–H and O–H groups in total. The molecule has 3 heterocycles. The number of ether oxygens (including phenoxy) is 1. The summed E-state index contributed by atoms with van der Waals surface area (Å²) in [7, 11) is 0. The number of hydrogen-bond acceptors (Lipinski definition) is 5. The van der Waals surface area contributed by atoms with Gasteiger partial charge in [0.2, 0.25) is 5.91 Å². The Kier molecular flexibility index (Phi) is 6.15. The highest BCUT2D eigenvalue weighted by Crippen LogP contribution is 2.23. The highest BCUT2D eigenvalue weighted by molar-refractivity contribution is 5.79. The van der Waals surface area contributed by atoms with Crippen molar-refractivity contribution in [3.8, 4) is 0 Å². The average molecular weight is 332 g/mol. The smallest absolute Gasteiger partial charge is 0.223 e. The Hall–Kier alpha value is -1.53. The van der Waals surface area contributed by atoms with Crippen LogP contribution in [0.3, 0.4) is 0 Å². The number of carbonyl (C=O) groups is 1. The highest BCUT2D eigenvalue weighted by Gasteiger charge is 2.29. The van der Waals surface area contributed by atoms with Crippen LogP contribution >= 0.6 is 0 Å². The molecule has 1 amide bonds. The van der Waals surface area contributed by atoms with Crippen LogP contribution < -0.4 is 5.32 Å². The molecular weight excluding hydrogens is 304 g/mol. The van der Waals surface area contributed by atoms with Crippen LogP contribution in [0.1, 0.15) is 38.3 Å². The minimum absolute atomic E-state index is 0.0859. The molecule has 2 fully saturated rings. The summed E-state index contributed by atoms with van der Waals surface area (Å²) in [4.78, 5) is 23.4. The van der Waals surface area contributed by atoms with Gasteiger partial charge in [-0.2, -0.15) is 0 Å². The van der Waals surface area contributed by atoms with Gasteiger partial charge in [0.1, 0.15) is 0 Å². The van der Waals surface area contributed by atoms with Crippen LogP contribution in [-0.4, -0.2) is 59.2 Å². The Morgan fingerprint density at radius 2 is 2.04 bits per heavy atom. The molecule has 0 spiro atoms. The molecule has 1 aromatic heterocycles. The number of nitrogens with zero attached hydrogens (tertiary/aromatic N) is 3. The molecule has 24 heavy (non-hydrogen) atoms. The molecule has 1 aromatic rings. The normalized spacial score (nSPS) is 22.2. The number of amides is 1. The largest absolute Gasteiger partial charge is 0.381 e. The molecular formula is C18H28N4O2. The third kappa shape index (κ3) is 4.74. The summed E-state index contributed by atoms with van der Waals surface area (Å²) in [5.74, 6) is 0.336. The second-order valence-electron chi connectivity index (χ2n) is 6.96. The van der Waals surface area contributed by atoms with Gasteiger partial charge in [0.15, 0.2) is 0 Å². The summed E-state index contributed by atoms with van der Waals surface area (Å²) in [6.45, 7) is 5.85. The monoisotopic (exact) mass is 332 g/mol. The molecule has 0 aromatic carbocycles. The topological polar surface area (TPSA) is 67.4 Å². The van der Waals surface area contributed by atoms with Crippen LogP contribution in [-0.2, 0) is 16.0 Å². The molecule has 132 valence electrons. The van der Waals surface area contributed by atoms with Gasteiger partial charge >= 0.3 is 0 Å². The molecule has 0 unspecified atom stereocenters. The fraction of sp³-hybridized carbons (Fsp3) is 0.722. The van der Waals surface area contributed by atoms with Crippen LogP contribution in [0.2, 0.25) is 0 Å². The molecule has 2 aliphatic rings. The Balaban J connectivity index is 1.41. The second kappa shape index (κ2) is 8.53. The van der Waals surface area contributed by atoms with Gasteiger partial charge < -0.3 is 15.0 Å². The predicted molar refractivity (Wildman–Crippen MR) is 91.5 cm³/mol. The molecule has 0 saturated carbocycles. The fourth-order valence-corrected chi connectivity index (χ4v) is 3.74. The minimum atomic E-state index is 0.0859. The maximum Gasteiger partial charge on any atom is 0.223 e. The Morgan fingerprint density at radius 1 is 1.29 bits per heavy atom. The fourth-order valence-electron chi connectivity index (χ4n) is 3.74. The number of hydrogen-bond donors (Lipinski definition) is 1. The van der Waals surface area contributed by atoms with E-state index < -0.39 is 0 Å². The van der Waals surface area contributed by atoms with Crippen molar-refractivity contribution < 1.29 is 9.53 Å².